The standard InChI is InChI=1S/C33H46N4O4/c1-4-40-33(39)31(35-41-21(2)3)30-32(38)37(29-15-8-7-14-28(29)34-30)27-19-24-12-9-13-25(20-27)36(24)26-17-22-10-5-6-11-23(16-22)18-26/h7-8,14-15,21-27H,4-6,9-13,16-20H2,1-3H3/t22?,23?,24-,25?,26?,27+/m1/s1. The van der Waals surface area contributed by atoms with Crippen molar-refractivity contribution in [3.8, 4) is 0 Å². The van der Waals surface area contributed by atoms with Gasteiger partial charge in [0, 0.05) is 24.2 Å². The van der Waals surface area contributed by atoms with Crippen LogP contribution in [0.15, 0.2) is 34.2 Å². The molecular weight excluding hydrogens is 516 g/mol. The first-order valence-corrected chi connectivity index (χ1v) is 16.1. The summed E-state index contributed by atoms with van der Waals surface area (Å²) in [6.45, 7) is 5.56. The summed E-state index contributed by atoms with van der Waals surface area (Å²) in [5.74, 6) is 1.09. The number of carbonyl (C=O) groups excluding carboxylic acids is 1. The molecule has 2 aromatic rings. The fourth-order valence-electron chi connectivity index (χ4n) is 8.51. The summed E-state index contributed by atoms with van der Waals surface area (Å²) in [5.41, 5.74) is 1.05. The van der Waals surface area contributed by atoms with Crippen molar-refractivity contribution in [2.75, 3.05) is 6.61 Å². The van der Waals surface area contributed by atoms with Gasteiger partial charge in [0.05, 0.1) is 17.6 Å². The number of hydrogen-bond acceptors (Lipinski definition) is 7. The SMILES string of the molecule is CCOC(=O)C(=NOC(C)C)c1nc2ccccc2n([C@@H]2CC3CCC[C@H](C2)N3C2CC3CCCCC(C3)C2)c1=O. The van der Waals surface area contributed by atoms with Gasteiger partial charge in [0.15, 0.2) is 5.69 Å². The Bertz CT molecular complexity index is 1310. The quantitative estimate of drug-likeness (QED) is 0.234. The maximum absolute atomic E-state index is 14.3. The zero-order valence-corrected chi connectivity index (χ0v) is 25.0. The van der Waals surface area contributed by atoms with Gasteiger partial charge in [-0.15, -0.1) is 0 Å². The summed E-state index contributed by atoms with van der Waals surface area (Å²) in [6.07, 6.45) is 15.1. The van der Waals surface area contributed by atoms with E-state index in [4.69, 9.17) is 9.57 Å². The van der Waals surface area contributed by atoms with Crippen LogP contribution in [0.5, 0.6) is 0 Å². The molecule has 2 saturated heterocycles. The summed E-state index contributed by atoms with van der Waals surface area (Å²) in [4.78, 5) is 40.3. The van der Waals surface area contributed by atoms with Crippen molar-refractivity contribution < 1.29 is 14.4 Å². The maximum Gasteiger partial charge on any atom is 0.362 e. The molecule has 1 aromatic carbocycles. The normalized spacial score (nSPS) is 30.7. The van der Waals surface area contributed by atoms with Crippen LogP contribution in [0.4, 0.5) is 0 Å². The Hall–Kier alpha value is -2.74. The van der Waals surface area contributed by atoms with Gasteiger partial charge in [-0.1, -0.05) is 49.4 Å². The summed E-state index contributed by atoms with van der Waals surface area (Å²) in [6, 6.07) is 9.46. The molecule has 2 aliphatic heterocycles. The topological polar surface area (TPSA) is 86.0 Å². The van der Waals surface area contributed by atoms with Crippen LogP contribution in [0, 0.1) is 11.8 Å². The van der Waals surface area contributed by atoms with E-state index in [1.807, 2.05) is 42.7 Å². The highest BCUT2D eigenvalue weighted by Crippen LogP contribution is 2.47. The van der Waals surface area contributed by atoms with Crippen molar-refractivity contribution in [2.45, 2.75) is 128 Å². The zero-order valence-electron chi connectivity index (χ0n) is 25.0. The Morgan fingerprint density at radius 2 is 1.61 bits per heavy atom. The third-order valence-electron chi connectivity index (χ3n) is 9.99. The van der Waals surface area contributed by atoms with Gasteiger partial charge >= 0.3 is 5.97 Å². The lowest BCUT2D eigenvalue weighted by molar-refractivity contribution is -0.135. The van der Waals surface area contributed by atoms with Crippen LogP contribution in [0.25, 0.3) is 11.0 Å². The summed E-state index contributed by atoms with van der Waals surface area (Å²) in [7, 11) is 0. The molecule has 0 amide bonds. The number of esters is 1. The van der Waals surface area contributed by atoms with E-state index in [9.17, 15) is 9.59 Å². The number of benzene rings is 1. The first-order chi connectivity index (χ1) is 19.9. The van der Waals surface area contributed by atoms with Crippen molar-refractivity contribution in [3.63, 3.8) is 0 Å². The Balaban J connectivity index is 1.36. The lowest BCUT2D eigenvalue weighted by atomic mass is 9.73. The molecule has 4 fully saturated rings. The number of nitrogens with zero attached hydrogens (tertiary/aromatic N) is 4. The van der Waals surface area contributed by atoms with Gasteiger partial charge in [0.2, 0.25) is 5.71 Å². The van der Waals surface area contributed by atoms with Crippen LogP contribution in [0.3, 0.4) is 0 Å². The molecule has 41 heavy (non-hydrogen) atoms. The highest BCUT2D eigenvalue weighted by Gasteiger charge is 2.45. The lowest BCUT2D eigenvalue weighted by Gasteiger charge is -2.54. The first kappa shape index (κ1) is 28.4. The second-order valence-electron chi connectivity index (χ2n) is 13.1. The van der Waals surface area contributed by atoms with Crippen molar-refractivity contribution in [3.05, 3.63) is 40.3 Å². The van der Waals surface area contributed by atoms with E-state index in [-0.39, 0.29) is 35.7 Å². The molecule has 222 valence electrons. The van der Waals surface area contributed by atoms with Gasteiger partial charge in [-0.2, -0.15) is 0 Å². The average molecular weight is 563 g/mol. The van der Waals surface area contributed by atoms with Crippen LogP contribution in [-0.4, -0.2) is 57.0 Å². The summed E-state index contributed by atoms with van der Waals surface area (Å²) >= 11 is 0. The second kappa shape index (κ2) is 12.2. The number of oxime groups is 1. The van der Waals surface area contributed by atoms with Crippen molar-refractivity contribution >= 4 is 22.7 Å². The maximum atomic E-state index is 14.3. The van der Waals surface area contributed by atoms with Crippen LogP contribution in [0.1, 0.15) is 110 Å². The van der Waals surface area contributed by atoms with Gasteiger partial charge in [0.25, 0.3) is 5.56 Å². The number of fused-ring (bicyclic) bond motifs is 5. The first-order valence-electron chi connectivity index (χ1n) is 16.1. The minimum atomic E-state index is -0.690. The molecule has 3 heterocycles. The molecule has 8 nitrogen and oxygen atoms in total. The predicted molar refractivity (Wildman–Crippen MR) is 160 cm³/mol. The van der Waals surface area contributed by atoms with E-state index < -0.39 is 5.97 Å². The van der Waals surface area contributed by atoms with E-state index in [1.165, 1.54) is 64.2 Å². The predicted octanol–water partition coefficient (Wildman–Crippen LogP) is 6.01. The molecule has 4 aliphatic rings. The lowest BCUT2D eigenvalue weighted by Crippen LogP contribution is -2.58. The molecule has 1 aromatic heterocycles. The summed E-state index contributed by atoms with van der Waals surface area (Å²) < 4.78 is 7.20. The highest BCUT2D eigenvalue weighted by molar-refractivity contribution is 6.42. The van der Waals surface area contributed by atoms with E-state index in [2.05, 4.69) is 15.0 Å². The van der Waals surface area contributed by atoms with E-state index >= 15 is 0 Å². The van der Waals surface area contributed by atoms with Crippen molar-refractivity contribution in [1.29, 1.82) is 0 Å². The van der Waals surface area contributed by atoms with Crippen LogP contribution >= 0.6 is 0 Å². The number of aromatic nitrogens is 2. The molecular formula is C33H46N4O4. The van der Waals surface area contributed by atoms with Crippen LogP contribution < -0.4 is 5.56 Å². The number of hydrogen-bond donors (Lipinski definition) is 0. The minimum Gasteiger partial charge on any atom is -0.461 e. The molecule has 0 N–H and O–H groups in total. The van der Waals surface area contributed by atoms with E-state index in [1.54, 1.807) is 6.92 Å². The Kier molecular flexibility index (Phi) is 8.47. The van der Waals surface area contributed by atoms with Gasteiger partial charge in [-0.3, -0.25) is 9.69 Å². The van der Waals surface area contributed by atoms with Gasteiger partial charge < -0.3 is 14.1 Å². The molecule has 5 atom stereocenters. The smallest absolute Gasteiger partial charge is 0.362 e. The fourth-order valence-corrected chi connectivity index (χ4v) is 8.51. The number of rotatable bonds is 7. The third-order valence-corrected chi connectivity index (χ3v) is 9.99. The molecule has 0 spiro atoms. The fraction of sp³-hybridized carbons (Fsp3) is 0.697. The average Bonchev–Trinajstić information content (AvgIpc) is 3.11. The Morgan fingerprint density at radius 3 is 2.27 bits per heavy atom. The number of ether oxygens (including phenoxy) is 1. The molecule has 3 unspecified atom stereocenters. The Labute approximate surface area is 243 Å². The van der Waals surface area contributed by atoms with Crippen molar-refractivity contribution in [1.82, 2.24) is 14.5 Å². The number of carbonyl (C=O) groups is 1. The molecule has 2 saturated carbocycles. The second-order valence-corrected chi connectivity index (χ2v) is 13.1. The zero-order chi connectivity index (χ0) is 28.5. The number of para-hydroxylation sites is 2. The van der Waals surface area contributed by atoms with Crippen LogP contribution in [0.2, 0.25) is 0 Å². The largest absolute Gasteiger partial charge is 0.461 e. The summed E-state index contributed by atoms with van der Waals surface area (Å²) in [5, 5.41) is 4.09. The molecule has 6 rings (SSSR count). The molecule has 4 bridgehead atoms. The third kappa shape index (κ3) is 5.81. The molecule has 0 radical (unpaired) electrons. The van der Waals surface area contributed by atoms with E-state index in [0.29, 0.717) is 23.6 Å². The number of piperidine rings is 2. The van der Waals surface area contributed by atoms with Gasteiger partial charge in [-0.05, 0) is 89.7 Å². The highest BCUT2D eigenvalue weighted by atomic mass is 16.6. The van der Waals surface area contributed by atoms with Crippen LogP contribution in [-0.2, 0) is 14.4 Å². The van der Waals surface area contributed by atoms with Gasteiger partial charge in [0.1, 0.15) is 6.10 Å². The molecule has 2 aliphatic carbocycles. The Morgan fingerprint density at radius 1 is 0.927 bits per heavy atom. The molecule has 8 heteroatoms. The van der Waals surface area contributed by atoms with Crippen molar-refractivity contribution in [2.24, 2.45) is 17.0 Å². The monoisotopic (exact) mass is 562 g/mol. The van der Waals surface area contributed by atoms with E-state index in [0.717, 1.165) is 30.2 Å². The minimum absolute atomic E-state index is 0.00625. The van der Waals surface area contributed by atoms with Gasteiger partial charge in [-0.25, -0.2) is 9.78 Å².